The average molecular weight is 303 g/mol. The van der Waals surface area contributed by atoms with Gasteiger partial charge in [0.1, 0.15) is 5.75 Å². The van der Waals surface area contributed by atoms with Gasteiger partial charge in [0.25, 0.3) is 0 Å². The zero-order valence-corrected chi connectivity index (χ0v) is 13.0. The number of nitrogens with one attached hydrogen (secondary N) is 1. The highest BCUT2D eigenvalue weighted by molar-refractivity contribution is 5.76. The Labute approximate surface area is 132 Å². The highest BCUT2D eigenvalue weighted by Gasteiger charge is 2.30. The zero-order valence-electron chi connectivity index (χ0n) is 13.0. The van der Waals surface area contributed by atoms with Gasteiger partial charge in [0.05, 0.1) is 13.0 Å². The number of carbonyl (C=O) groups excluding carboxylic acids is 1. The van der Waals surface area contributed by atoms with Gasteiger partial charge in [0, 0.05) is 45.3 Å². The van der Waals surface area contributed by atoms with Gasteiger partial charge in [-0.2, -0.15) is 0 Å². The fourth-order valence-electron chi connectivity index (χ4n) is 3.24. The molecule has 1 aromatic rings. The number of hydrogen-bond acceptors (Lipinski definition) is 4. The molecule has 1 N–H and O–H groups in total. The van der Waals surface area contributed by atoms with Crippen LogP contribution < -0.4 is 10.1 Å². The largest absolute Gasteiger partial charge is 0.493 e. The fourth-order valence-corrected chi connectivity index (χ4v) is 3.24. The number of likely N-dealkylation sites (tertiary alicyclic amines) is 1. The minimum Gasteiger partial charge on any atom is -0.493 e. The molecule has 5 nitrogen and oxygen atoms in total. The maximum absolute atomic E-state index is 12.3. The van der Waals surface area contributed by atoms with Crippen molar-refractivity contribution in [1.82, 2.24) is 15.1 Å². The van der Waals surface area contributed by atoms with E-state index in [1.165, 1.54) is 0 Å². The first kappa shape index (κ1) is 15.3. The molecule has 2 saturated heterocycles. The standard InChI is InChI=1S/C17H25N3O2/c21-17(7-13-22-16-4-2-1-3-5-16)20-10-6-15(14-20)19-11-8-18-9-12-19/h1-5,15,18H,6-14H2. The first-order chi connectivity index (χ1) is 10.8. The molecule has 5 heteroatoms. The minimum absolute atomic E-state index is 0.216. The number of piperazine rings is 1. The summed E-state index contributed by atoms with van der Waals surface area (Å²) in [7, 11) is 0. The second-order valence-corrected chi connectivity index (χ2v) is 5.98. The number of amides is 1. The molecule has 2 fully saturated rings. The predicted molar refractivity (Wildman–Crippen MR) is 86.0 cm³/mol. The molecule has 22 heavy (non-hydrogen) atoms. The van der Waals surface area contributed by atoms with Gasteiger partial charge >= 0.3 is 0 Å². The lowest BCUT2D eigenvalue weighted by molar-refractivity contribution is -0.130. The summed E-state index contributed by atoms with van der Waals surface area (Å²) in [5.74, 6) is 1.05. The Hall–Kier alpha value is -1.59. The Morgan fingerprint density at radius 2 is 1.95 bits per heavy atom. The monoisotopic (exact) mass is 303 g/mol. The number of ether oxygens (including phenoxy) is 1. The Morgan fingerprint density at radius 3 is 2.73 bits per heavy atom. The molecule has 2 aliphatic rings. The van der Waals surface area contributed by atoms with E-state index in [0.29, 0.717) is 19.1 Å². The van der Waals surface area contributed by atoms with E-state index in [1.807, 2.05) is 35.2 Å². The Kier molecular flexibility index (Phi) is 5.29. The van der Waals surface area contributed by atoms with Crippen molar-refractivity contribution in [3.63, 3.8) is 0 Å². The van der Waals surface area contributed by atoms with Crippen molar-refractivity contribution in [2.24, 2.45) is 0 Å². The summed E-state index contributed by atoms with van der Waals surface area (Å²) in [5.41, 5.74) is 0. The number of nitrogens with zero attached hydrogens (tertiary/aromatic N) is 2. The van der Waals surface area contributed by atoms with Gasteiger partial charge < -0.3 is 15.0 Å². The van der Waals surface area contributed by atoms with E-state index in [-0.39, 0.29) is 5.91 Å². The van der Waals surface area contributed by atoms with Crippen LogP contribution in [0, 0.1) is 0 Å². The van der Waals surface area contributed by atoms with Gasteiger partial charge in [-0.15, -0.1) is 0 Å². The summed E-state index contributed by atoms with van der Waals surface area (Å²) >= 11 is 0. The quantitative estimate of drug-likeness (QED) is 0.880. The number of hydrogen-bond donors (Lipinski definition) is 1. The van der Waals surface area contributed by atoms with E-state index < -0.39 is 0 Å². The van der Waals surface area contributed by atoms with E-state index in [0.717, 1.165) is 51.4 Å². The van der Waals surface area contributed by atoms with Gasteiger partial charge in [0.15, 0.2) is 0 Å². The molecule has 120 valence electrons. The van der Waals surface area contributed by atoms with Crippen molar-refractivity contribution in [1.29, 1.82) is 0 Å². The van der Waals surface area contributed by atoms with Crippen molar-refractivity contribution in [2.75, 3.05) is 45.9 Å². The van der Waals surface area contributed by atoms with Gasteiger partial charge in [-0.3, -0.25) is 9.69 Å². The summed E-state index contributed by atoms with van der Waals surface area (Å²) in [4.78, 5) is 16.8. The van der Waals surface area contributed by atoms with Crippen LogP contribution >= 0.6 is 0 Å². The third-order valence-corrected chi connectivity index (χ3v) is 4.51. The molecule has 1 aromatic carbocycles. The van der Waals surface area contributed by atoms with E-state index >= 15 is 0 Å². The van der Waals surface area contributed by atoms with Crippen molar-refractivity contribution in [2.45, 2.75) is 18.9 Å². The van der Waals surface area contributed by atoms with Crippen LogP contribution in [0.15, 0.2) is 30.3 Å². The van der Waals surface area contributed by atoms with Crippen LogP contribution in [0.4, 0.5) is 0 Å². The molecule has 0 spiro atoms. The smallest absolute Gasteiger partial charge is 0.226 e. The molecule has 3 rings (SSSR count). The van der Waals surface area contributed by atoms with Crippen LogP contribution in [0.2, 0.25) is 0 Å². The van der Waals surface area contributed by atoms with Gasteiger partial charge in [-0.1, -0.05) is 18.2 Å². The fraction of sp³-hybridized carbons (Fsp3) is 0.588. The van der Waals surface area contributed by atoms with Crippen LogP contribution in [0.25, 0.3) is 0 Å². The third kappa shape index (κ3) is 3.99. The van der Waals surface area contributed by atoms with Gasteiger partial charge in [-0.25, -0.2) is 0 Å². The molecule has 1 amide bonds. The molecule has 0 aromatic heterocycles. The van der Waals surface area contributed by atoms with Crippen LogP contribution in [-0.2, 0) is 4.79 Å². The minimum atomic E-state index is 0.216. The van der Waals surface area contributed by atoms with Crippen molar-refractivity contribution >= 4 is 5.91 Å². The summed E-state index contributed by atoms with van der Waals surface area (Å²) < 4.78 is 5.61. The lowest BCUT2D eigenvalue weighted by Gasteiger charge is -2.32. The third-order valence-electron chi connectivity index (χ3n) is 4.51. The maximum atomic E-state index is 12.3. The topological polar surface area (TPSA) is 44.8 Å². The van der Waals surface area contributed by atoms with Gasteiger partial charge in [-0.05, 0) is 18.6 Å². The molecule has 0 bridgehead atoms. The molecule has 2 aliphatic heterocycles. The first-order valence-electron chi connectivity index (χ1n) is 8.23. The van der Waals surface area contributed by atoms with E-state index in [9.17, 15) is 4.79 Å². The molecule has 2 heterocycles. The van der Waals surface area contributed by atoms with E-state index in [4.69, 9.17) is 4.74 Å². The average Bonchev–Trinajstić information content (AvgIpc) is 3.07. The number of benzene rings is 1. The second-order valence-electron chi connectivity index (χ2n) is 5.98. The van der Waals surface area contributed by atoms with Crippen LogP contribution in [-0.4, -0.2) is 67.6 Å². The highest BCUT2D eigenvalue weighted by Crippen LogP contribution is 2.17. The van der Waals surface area contributed by atoms with Crippen LogP contribution in [0.1, 0.15) is 12.8 Å². The molecule has 0 radical (unpaired) electrons. The molecular formula is C17H25N3O2. The first-order valence-corrected chi connectivity index (χ1v) is 8.23. The second kappa shape index (κ2) is 7.61. The van der Waals surface area contributed by atoms with Crippen molar-refractivity contribution < 1.29 is 9.53 Å². The normalized spacial score (nSPS) is 22.7. The van der Waals surface area contributed by atoms with Crippen molar-refractivity contribution in [3.05, 3.63) is 30.3 Å². The highest BCUT2D eigenvalue weighted by atomic mass is 16.5. The van der Waals surface area contributed by atoms with Gasteiger partial charge in [0.2, 0.25) is 5.91 Å². The maximum Gasteiger partial charge on any atom is 0.226 e. The molecule has 1 unspecified atom stereocenters. The predicted octanol–water partition coefficient (Wildman–Crippen LogP) is 0.962. The molecule has 0 aliphatic carbocycles. The summed E-state index contributed by atoms with van der Waals surface area (Å²) in [6.07, 6.45) is 1.56. The van der Waals surface area contributed by atoms with Crippen LogP contribution in [0.5, 0.6) is 5.75 Å². The van der Waals surface area contributed by atoms with Crippen molar-refractivity contribution in [3.8, 4) is 5.75 Å². The summed E-state index contributed by atoms with van der Waals surface area (Å²) in [6, 6.07) is 10.2. The molecule has 0 saturated carbocycles. The summed E-state index contributed by atoms with van der Waals surface area (Å²) in [6.45, 7) is 6.55. The lowest BCUT2D eigenvalue weighted by Crippen LogP contribution is -2.49. The Morgan fingerprint density at radius 1 is 1.18 bits per heavy atom. The Balaban J connectivity index is 1.39. The number of rotatable bonds is 5. The van der Waals surface area contributed by atoms with E-state index in [2.05, 4.69) is 10.2 Å². The SMILES string of the molecule is O=C(CCOc1ccccc1)N1CCC(N2CCNCC2)C1. The summed E-state index contributed by atoms with van der Waals surface area (Å²) in [5, 5.41) is 3.38. The molecule has 1 atom stereocenters. The van der Waals surface area contributed by atoms with E-state index in [1.54, 1.807) is 0 Å². The number of para-hydroxylation sites is 1. The zero-order chi connectivity index (χ0) is 15.2. The lowest BCUT2D eigenvalue weighted by atomic mass is 10.2. The number of carbonyl (C=O) groups is 1. The van der Waals surface area contributed by atoms with Crippen LogP contribution in [0.3, 0.4) is 0 Å². The molecular weight excluding hydrogens is 278 g/mol. The Bertz CT molecular complexity index is 474.